The number of rotatable bonds is 8. The highest BCUT2D eigenvalue weighted by Gasteiger charge is 2.15. The highest BCUT2D eigenvalue weighted by Crippen LogP contribution is 2.27. The lowest BCUT2D eigenvalue weighted by molar-refractivity contribution is -0.113. The van der Waals surface area contributed by atoms with Gasteiger partial charge in [0.1, 0.15) is 0 Å². The van der Waals surface area contributed by atoms with E-state index in [0.717, 1.165) is 17.1 Å². The summed E-state index contributed by atoms with van der Waals surface area (Å²) in [6.45, 7) is 4.35. The van der Waals surface area contributed by atoms with Crippen molar-refractivity contribution < 1.29 is 4.79 Å². The maximum Gasteiger partial charge on any atom is 0.234 e. The first-order chi connectivity index (χ1) is 14.4. The van der Waals surface area contributed by atoms with Crippen LogP contribution in [0.15, 0.2) is 60.3 Å². The molecule has 30 heavy (non-hydrogen) atoms. The van der Waals surface area contributed by atoms with E-state index in [0.29, 0.717) is 27.4 Å². The van der Waals surface area contributed by atoms with Crippen LogP contribution in [-0.2, 0) is 11.3 Å². The Kier molecular flexibility index (Phi) is 7.42. The van der Waals surface area contributed by atoms with Gasteiger partial charge in [-0.1, -0.05) is 41.0 Å². The second-order valence-corrected chi connectivity index (χ2v) is 8.39. The standard InChI is InChI=1S/C21H21Cl2N5OS/c1-4-11-28-20(14-5-8-16(9-6-14)27(2)3)25-26-21(28)30-13-19(29)24-18-10-7-15(22)12-17(18)23/h4-10,12H,1,11,13H2,2-3H3,(H,24,29). The molecule has 156 valence electrons. The SMILES string of the molecule is C=CCn1c(SCC(=O)Nc2ccc(Cl)cc2Cl)nnc1-c1ccc(N(C)C)cc1. The van der Waals surface area contributed by atoms with E-state index in [-0.39, 0.29) is 11.7 Å². The summed E-state index contributed by atoms with van der Waals surface area (Å²) in [5.41, 5.74) is 2.56. The number of aromatic nitrogens is 3. The zero-order valence-corrected chi connectivity index (χ0v) is 18.9. The summed E-state index contributed by atoms with van der Waals surface area (Å²) in [7, 11) is 3.98. The molecule has 3 rings (SSSR count). The average Bonchev–Trinajstić information content (AvgIpc) is 3.11. The lowest BCUT2D eigenvalue weighted by atomic mass is 10.2. The van der Waals surface area contributed by atoms with Gasteiger partial charge in [0.15, 0.2) is 11.0 Å². The molecule has 0 aliphatic rings. The van der Waals surface area contributed by atoms with E-state index in [9.17, 15) is 4.79 Å². The van der Waals surface area contributed by atoms with Gasteiger partial charge in [0.25, 0.3) is 0 Å². The Morgan fingerprint density at radius 3 is 2.57 bits per heavy atom. The predicted molar refractivity (Wildman–Crippen MR) is 126 cm³/mol. The second-order valence-electron chi connectivity index (χ2n) is 6.61. The van der Waals surface area contributed by atoms with Gasteiger partial charge in [0, 0.05) is 36.9 Å². The molecule has 0 aliphatic carbocycles. The summed E-state index contributed by atoms with van der Waals surface area (Å²) in [4.78, 5) is 14.4. The average molecular weight is 462 g/mol. The minimum atomic E-state index is -0.200. The zero-order chi connectivity index (χ0) is 21.7. The van der Waals surface area contributed by atoms with Crippen LogP contribution in [0.3, 0.4) is 0 Å². The Morgan fingerprint density at radius 1 is 1.20 bits per heavy atom. The summed E-state index contributed by atoms with van der Waals surface area (Å²) in [6.07, 6.45) is 1.78. The fourth-order valence-corrected chi connectivity index (χ4v) is 3.92. The molecule has 0 spiro atoms. The number of benzene rings is 2. The summed E-state index contributed by atoms with van der Waals surface area (Å²) in [5, 5.41) is 12.9. The van der Waals surface area contributed by atoms with E-state index in [2.05, 4.69) is 22.1 Å². The van der Waals surface area contributed by atoms with Crippen molar-refractivity contribution in [2.75, 3.05) is 30.1 Å². The monoisotopic (exact) mass is 461 g/mol. The van der Waals surface area contributed by atoms with Crippen molar-refractivity contribution >= 4 is 52.2 Å². The Balaban J connectivity index is 1.73. The number of carbonyl (C=O) groups is 1. The summed E-state index contributed by atoms with van der Waals surface area (Å²) in [5.74, 6) is 0.687. The first kappa shape index (κ1) is 22.2. The van der Waals surface area contributed by atoms with E-state index in [1.807, 2.05) is 47.8 Å². The number of nitrogens with one attached hydrogen (secondary N) is 1. The lowest BCUT2D eigenvalue weighted by Crippen LogP contribution is -2.15. The maximum absolute atomic E-state index is 12.4. The number of allylic oxidation sites excluding steroid dienone is 1. The summed E-state index contributed by atoms with van der Waals surface area (Å²) in [6, 6.07) is 13.0. The highest BCUT2D eigenvalue weighted by atomic mass is 35.5. The number of hydrogen-bond acceptors (Lipinski definition) is 5. The molecule has 0 bridgehead atoms. The Morgan fingerprint density at radius 2 is 1.93 bits per heavy atom. The van der Waals surface area contributed by atoms with Crippen LogP contribution in [0.4, 0.5) is 11.4 Å². The molecule has 6 nitrogen and oxygen atoms in total. The minimum absolute atomic E-state index is 0.161. The van der Waals surface area contributed by atoms with Gasteiger partial charge in [0.05, 0.1) is 16.5 Å². The number of carbonyl (C=O) groups excluding carboxylic acids is 1. The van der Waals surface area contributed by atoms with Crippen molar-refractivity contribution in [3.05, 3.63) is 65.2 Å². The normalized spacial score (nSPS) is 10.7. The third kappa shape index (κ3) is 5.36. The molecule has 0 atom stereocenters. The van der Waals surface area contributed by atoms with Crippen molar-refractivity contribution in [3.8, 4) is 11.4 Å². The van der Waals surface area contributed by atoms with Crippen LogP contribution >= 0.6 is 35.0 Å². The smallest absolute Gasteiger partial charge is 0.234 e. The first-order valence-corrected chi connectivity index (χ1v) is 10.8. The van der Waals surface area contributed by atoms with Crippen molar-refractivity contribution in [2.45, 2.75) is 11.7 Å². The minimum Gasteiger partial charge on any atom is -0.378 e. The molecule has 0 unspecified atom stereocenters. The van der Waals surface area contributed by atoms with Crippen LogP contribution < -0.4 is 10.2 Å². The van der Waals surface area contributed by atoms with Crippen LogP contribution in [0.25, 0.3) is 11.4 Å². The van der Waals surface area contributed by atoms with E-state index in [1.165, 1.54) is 11.8 Å². The Hall–Kier alpha value is -2.48. The van der Waals surface area contributed by atoms with Crippen molar-refractivity contribution in [2.24, 2.45) is 0 Å². The molecule has 1 N–H and O–H groups in total. The molecule has 0 saturated carbocycles. The number of anilines is 2. The van der Waals surface area contributed by atoms with Gasteiger partial charge in [-0.15, -0.1) is 16.8 Å². The molecule has 0 fully saturated rings. The first-order valence-electron chi connectivity index (χ1n) is 9.08. The molecule has 0 aliphatic heterocycles. The fraction of sp³-hybridized carbons (Fsp3) is 0.190. The van der Waals surface area contributed by atoms with Crippen molar-refractivity contribution in [3.63, 3.8) is 0 Å². The quantitative estimate of drug-likeness (QED) is 0.367. The van der Waals surface area contributed by atoms with Crippen molar-refractivity contribution in [1.82, 2.24) is 14.8 Å². The van der Waals surface area contributed by atoms with Gasteiger partial charge in [-0.05, 0) is 42.5 Å². The molecule has 1 aromatic heterocycles. The fourth-order valence-electron chi connectivity index (χ4n) is 2.72. The molecule has 0 radical (unpaired) electrons. The topological polar surface area (TPSA) is 63.1 Å². The van der Waals surface area contributed by atoms with Gasteiger partial charge < -0.3 is 10.2 Å². The molecule has 2 aromatic carbocycles. The highest BCUT2D eigenvalue weighted by molar-refractivity contribution is 7.99. The molecular formula is C21H21Cl2N5OS. The number of nitrogens with zero attached hydrogens (tertiary/aromatic N) is 4. The zero-order valence-electron chi connectivity index (χ0n) is 16.6. The molecule has 3 aromatic rings. The van der Waals surface area contributed by atoms with Gasteiger partial charge in [-0.2, -0.15) is 0 Å². The molecule has 9 heteroatoms. The number of hydrogen-bond donors (Lipinski definition) is 1. The third-order valence-electron chi connectivity index (χ3n) is 4.21. The lowest BCUT2D eigenvalue weighted by Gasteiger charge is -2.13. The number of halogens is 2. The summed E-state index contributed by atoms with van der Waals surface area (Å²) < 4.78 is 1.94. The van der Waals surface area contributed by atoms with Gasteiger partial charge in [-0.25, -0.2) is 0 Å². The molecular weight excluding hydrogens is 441 g/mol. The van der Waals surface area contributed by atoms with Crippen LogP contribution in [-0.4, -0.2) is 40.5 Å². The number of amides is 1. The van der Waals surface area contributed by atoms with Crippen LogP contribution in [0.2, 0.25) is 10.0 Å². The molecule has 1 heterocycles. The van der Waals surface area contributed by atoms with Gasteiger partial charge in [-0.3, -0.25) is 9.36 Å². The predicted octanol–water partition coefficient (Wildman–Crippen LogP) is 5.23. The van der Waals surface area contributed by atoms with Gasteiger partial charge >= 0.3 is 0 Å². The van der Waals surface area contributed by atoms with E-state index in [1.54, 1.807) is 24.3 Å². The largest absolute Gasteiger partial charge is 0.378 e. The molecule has 1 amide bonds. The summed E-state index contributed by atoms with van der Waals surface area (Å²) >= 11 is 13.3. The van der Waals surface area contributed by atoms with E-state index in [4.69, 9.17) is 23.2 Å². The van der Waals surface area contributed by atoms with Gasteiger partial charge in [0.2, 0.25) is 5.91 Å². The molecule has 0 saturated heterocycles. The Labute approximate surface area is 189 Å². The second kappa shape index (κ2) is 10.0. The van der Waals surface area contributed by atoms with Crippen LogP contribution in [0.1, 0.15) is 0 Å². The van der Waals surface area contributed by atoms with E-state index < -0.39 is 0 Å². The van der Waals surface area contributed by atoms with Crippen LogP contribution in [0, 0.1) is 0 Å². The van der Waals surface area contributed by atoms with E-state index >= 15 is 0 Å². The third-order valence-corrected chi connectivity index (χ3v) is 5.72. The van der Waals surface area contributed by atoms with Crippen molar-refractivity contribution in [1.29, 1.82) is 0 Å². The maximum atomic E-state index is 12.4. The Bertz CT molecular complexity index is 1050. The number of thioether (sulfide) groups is 1. The van der Waals surface area contributed by atoms with Crippen LogP contribution in [0.5, 0.6) is 0 Å².